The Morgan fingerprint density at radius 2 is 2.05 bits per heavy atom. The normalized spacial score (nSPS) is 14.0. The molecule has 1 N–H and O–H groups in total. The first kappa shape index (κ1) is 13.6. The monoisotopic (exact) mass is 291 g/mol. The summed E-state index contributed by atoms with van der Waals surface area (Å²) in [4.78, 5) is 10.6. The van der Waals surface area contributed by atoms with Gasteiger partial charge in [0, 0.05) is 12.6 Å². The number of rotatable bonds is 4. The van der Waals surface area contributed by atoms with Gasteiger partial charge in [0.15, 0.2) is 0 Å². The zero-order valence-electron chi connectivity index (χ0n) is 12.0. The van der Waals surface area contributed by atoms with E-state index < -0.39 is 0 Å². The minimum Gasteiger partial charge on any atom is -0.481 e. The molecular formula is C13H17N5O3. The van der Waals surface area contributed by atoms with Crippen molar-refractivity contribution < 1.29 is 14.6 Å². The zero-order chi connectivity index (χ0) is 14.8. The lowest BCUT2D eigenvalue weighted by molar-refractivity contribution is 0.275. The van der Waals surface area contributed by atoms with Crippen LogP contribution in [-0.2, 0) is 19.7 Å². The summed E-state index contributed by atoms with van der Waals surface area (Å²) < 4.78 is 12.2. The van der Waals surface area contributed by atoms with Crippen LogP contribution in [0.2, 0.25) is 0 Å². The van der Waals surface area contributed by atoms with Crippen molar-refractivity contribution in [1.29, 1.82) is 0 Å². The van der Waals surface area contributed by atoms with E-state index in [0.717, 1.165) is 24.6 Å². The van der Waals surface area contributed by atoms with Gasteiger partial charge in [0.1, 0.15) is 5.82 Å². The first-order chi connectivity index (χ1) is 10.2. The van der Waals surface area contributed by atoms with E-state index in [2.05, 4.69) is 20.0 Å². The molecule has 8 heteroatoms. The van der Waals surface area contributed by atoms with Crippen molar-refractivity contribution in [2.24, 2.45) is 0 Å². The minimum absolute atomic E-state index is 0.0465. The highest BCUT2D eigenvalue weighted by Crippen LogP contribution is 2.24. The summed E-state index contributed by atoms with van der Waals surface area (Å²) >= 11 is 0. The van der Waals surface area contributed by atoms with Crippen LogP contribution in [0.3, 0.4) is 0 Å². The molecule has 0 spiro atoms. The summed E-state index contributed by atoms with van der Waals surface area (Å²) in [6, 6.07) is 3.96. The summed E-state index contributed by atoms with van der Waals surface area (Å²) in [5, 5.41) is 13.5. The van der Waals surface area contributed by atoms with Crippen LogP contribution in [0, 0.1) is 0 Å². The lowest BCUT2D eigenvalue weighted by Gasteiger charge is -2.28. The van der Waals surface area contributed by atoms with E-state index in [4.69, 9.17) is 14.6 Å². The van der Waals surface area contributed by atoms with Crippen molar-refractivity contribution in [1.82, 2.24) is 19.7 Å². The lowest BCUT2D eigenvalue weighted by atomic mass is 10.3. The Hall–Kier alpha value is -2.35. The molecule has 0 aromatic carbocycles. The number of aliphatic hydroxyl groups is 1. The first-order valence-corrected chi connectivity index (χ1v) is 6.62. The van der Waals surface area contributed by atoms with Crippen LogP contribution in [0.15, 0.2) is 12.1 Å². The van der Waals surface area contributed by atoms with E-state index in [-0.39, 0.29) is 12.6 Å². The highest BCUT2D eigenvalue weighted by Gasteiger charge is 2.20. The molecule has 112 valence electrons. The molecule has 0 bridgehead atoms. The van der Waals surface area contributed by atoms with Gasteiger partial charge in [0.25, 0.3) is 0 Å². The minimum atomic E-state index is -0.0465. The lowest BCUT2D eigenvalue weighted by Crippen LogP contribution is -2.34. The second kappa shape index (κ2) is 5.57. The molecule has 3 heterocycles. The average molecular weight is 291 g/mol. The maximum atomic E-state index is 9.16. The Balaban J connectivity index is 1.88. The fourth-order valence-electron chi connectivity index (χ4n) is 2.35. The van der Waals surface area contributed by atoms with Crippen LogP contribution in [0.4, 0.5) is 5.82 Å². The molecule has 3 rings (SSSR count). The number of anilines is 1. The van der Waals surface area contributed by atoms with Crippen LogP contribution >= 0.6 is 0 Å². The van der Waals surface area contributed by atoms with Crippen molar-refractivity contribution >= 4 is 5.82 Å². The van der Waals surface area contributed by atoms with Crippen LogP contribution < -0.4 is 14.4 Å². The summed E-state index contributed by atoms with van der Waals surface area (Å²) in [7, 11) is 3.09. The smallest absolute Gasteiger partial charge is 0.321 e. The molecule has 21 heavy (non-hydrogen) atoms. The second-order valence-electron chi connectivity index (χ2n) is 4.69. The standard InChI is InChI=1S/C13H17N5O3/c1-20-12-6-11(14-13(15-12)21-2)17-3-4-18-10(7-17)5-9(8-19)16-18/h5-6,19H,3-4,7-8H2,1-2H3. The van der Waals surface area contributed by atoms with Gasteiger partial charge in [-0.15, -0.1) is 0 Å². The van der Waals surface area contributed by atoms with Crippen molar-refractivity contribution in [2.45, 2.75) is 19.7 Å². The molecule has 0 atom stereocenters. The molecule has 8 nitrogen and oxygen atoms in total. The van der Waals surface area contributed by atoms with E-state index in [1.54, 1.807) is 13.2 Å². The van der Waals surface area contributed by atoms with E-state index >= 15 is 0 Å². The predicted molar refractivity (Wildman–Crippen MR) is 74.3 cm³/mol. The Morgan fingerprint density at radius 3 is 2.76 bits per heavy atom. The highest BCUT2D eigenvalue weighted by molar-refractivity contribution is 5.44. The molecule has 0 radical (unpaired) electrons. The van der Waals surface area contributed by atoms with Gasteiger partial charge in [-0.1, -0.05) is 0 Å². The maximum absolute atomic E-state index is 9.16. The summed E-state index contributed by atoms with van der Waals surface area (Å²) in [6.07, 6.45) is 0. The number of aromatic nitrogens is 4. The Kier molecular flexibility index (Phi) is 3.61. The number of hydrogen-bond acceptors (Lipinski definition) is 7. The SMILES string of the molecule is COc1cc(N2CCn3nc(CO)cc3C2)nc(OC)n1. The molecule has 0 aliphatic carbocycles. The number of methoxy groups -OCH3 is 2. The van der Waals surface area contributed by atoms with Crippen LogP contribution in [0.1, 0.15) is 11.4 Å². The van der Waals surface area contributed by atoms with Gasteiger partial charge >= 0.3 is 6.01 Å². The number of nitrogens with zero attached hydrogens (tertiary/aromatic N) is 5. The van der Waals surface area contributed by atoms with Crippen LogP contribution in [-0.4, -0.2) is 45.6 Å². The molecule has 0 saturated heterocycles. The molecular weight excluding hydrogens is 274 g/mol. The largest absolute Gasteiger partial charge is 0.481 e. The Morgan fingerprint density at radius 1 is 1.19 bits per heavy atom. The molecule has 2 aromatic heterocycles. The number of hydrogen-bond donors (Lipinski definition) is 1. The topological polar surface area (TPSA) is 85.5 Å². The maximum Gasteiger partial charge on any atom is 0.321 e. The molecule has 0 amide bonds. The third kappa shape index (κ3) is 2.62. The number of fused-ring (bicyclic) bond motifs is 1. The Labute approximate surface area is 122 Å². The fraction of sp³-hybridized carbons (Fsp3) is 0.462. The predicted octanol–water partition coefficient (Wildman–Crippen LogP) is 0.203. The highest BCUT2D eigenvalue weighted by atomic mass is 16.5. The van der Waals surface area contributed by atoms with Crippen LogP contribution in [0.5, 0.6) is 11.9 Å². The molecule has 0 saturated carbocycles. The van der Waals surface area contributed by atoms with Crippen LogP contribution in [0.25, 0.3) is 0 Å². The van der Waals surface area contributed by atoms with Gasteiger partial charge in [-0.2, -0.15) is 15.1 Å². The third-order valence-electron chi connectivity index (χ3n) is 3.39. The fourth-order valence-corrected chi connectivity index (χ4v) is 2.35. The molecule has 1 aliphatic heterocycles. The summed E-state index contributed by atoms with van der Waals surface area (Å²) in [5.41, 5.74) is 1.73. The molecule has 0 fully saturated rings. The van der Waals surface area contributed by atoms with Crippen molar-refractivity contribution in [3.05, 3.63) is 23.5 Å². The summed E-state index contributed by atoms with van der Waals surface area (Å²) in [5.74, 6) is 1.21. The number of ether oxygens (including phenoxy) is 2. The van der Waals surface area contributed by atoms with Gasteiger partial charge in [0.2, 0.25) is 5.88 Å². The first-order valence-electron chi connectivity index (χ1n) is 6.62. The van der Waals surface area contributed by atoms with Gasteiger partial charge in [-0.3, -0.25) is 4.68 Å². The van der Waals surface area contributed by atoms with Gasteiger partial charge in [-0.25, -0.2) is 0 Å². The summed E-state index contributed by atoms with van der Waals surface area (Å²) in [6.45, 7) is 2.12. The van der Waals surface area contributed by atoms with E-state index in [1.807, 2.05) is 10.7 Å². The quantitative estimate of drug-likeness (QED) is 0.861. The van der Waals surface area contributed by atoms with E-state index in [0.29, 0.717) is 18.1 Å². The zero-order valence-corrected chi connectivity index (χ0v) is 12.0. The van der Waals surface area contributed by atoms with Crippen molar-refractivity contribution in [3.8, 4) is 11.9 Å². The van der Waals surface area contributed by atoms with E-state index in [1.165, 1.54) is 7.11 Å². The number of aliphatic hydroxyl groups excluding tert-OH is 1. The van der Waals surface area contributed by atoms with E-state index in [9.17, 15) is 0 Å². The molecule has 2 aromatic rings. The van der Waals surface area contributed by atoms with Gasteiger partial charge in [0.05, 0.1) is 45.3 Å². The van der Waals surface area contributed by atoms with Crippen molar-refractivity contribution in [3.63, 3.8) is 0 Å². The Bertz CT molecular complexity index is 620. The second-order valence-corrected chi connectivity index (χ2v) is 4.69. The van der Waals surface area contributed by atoms with Gasteiger partial charge < -0.3 is 19.5 Å². The average Bonchev–Trinajstić information content (AvgIpc) is 2.96. The molecule has 0 unspecified atom stereocenters. The van der Waals surface area contributed by atoms with Gasteiger partial charge in [-0.05, 0) is 6.07 Å². The van der Waals surface area contributed by atoms with Crippen molar-refractivity contribution in [2.75, 3.05) is 25.7 Å². The molecule has 1 aliphatic rings. The third-order valence-corrected chi connectivity index (χ3v) is 3.39.